The van der Waals surface area contributed by atoms with Gasteiger partial charge in [-0.05, 0) is 24.6 Å². The van der Waals surface area contributed by atoms with Crippen molar-refractivity contribution in [1.82, 2.24) is 0 Å². The van der Waals surface area contributed by atoms with E-state index in [9.17, 15) is 0 Å². The number of anilines is 1. The molecule has 0 aliphatic carbocycles. The third kappa shape index (κ3) is 2.64. The average molecular weight is 223 g/mol. The summed E-state index contributed by atoms with van der Waals surface area (Å²) in [4.78, 5) is 1.86. The molecule has 0 aromatic heterocycles. The van der Waals surface area contributed by atoms with Crippen LogP contribution in [0, 0.1) is 6.92 Å². The number of nitrogens with zero attached hydrogens (tertiary/aromatic N) is 2. The third-order valence-electron chi connectivity index (χ3n) is 2.38. The number of likely N-dealkylation sites (N-methyl/N-ethyl adjacent to an activating group) is 1. The molecule has 0 saturated carbocycles. The van der Waals surface area contributed by atoms with Crippen LogP contribution in [0.1, 0.15) is 11.1 Å². The summed E-state index contributed by atoms with van der Waals surface area (Å²) in [6.07, 6.45) is 0. The summed E-state index contributed by atoms with van der Waals surface area (Å²) in [7, 11) is 1.85. The molecule has 88 valence electrons. The minimum absolute atomic E-state index is 0.0556. The molecule has 0 aliphatic heterocycles. The number of oxime groups is 1. The van der Waals surface area contributed by atoms with Crippen molar-refractivity contribution in [2.24, 2.45) is 10.9 Å². The molecule has 0 heterocycles. The fraction of sp³-hybridized carbons (Fsp3) is 0.364. The molecule has 5 heteroatoms. The highest BCUT2D eigenvalue weighted by Crippen LogP contribution is 2.20. The molecule has 0 aliphatic rings. The number of rotatable bonds is 4. The highest BCUT2D eigenvalue weighted by atomic mass is 16.4. The highest BCUT2D eigenvalue weighted by molar-refractivity contribution is 6.02. The zero-order valence-electron chi connectivity index (χ0n) is 9.51. The molecule has 5 nitrogen and oxygen atoms in total. The van der Waals surface area contributed by atoms with E-state index < -0.39 is 0 Å². The Morgan fingerprint density at radius 1 is 1.50 bits per heavy atom. The van der Waals surface area contributed by atoms with Gasteiger partial charge in [-0.15, -0.1) is 0 Å². The SMILES string of the molecule is Cc1ccc(C(N)=NO)c(N(C)CCO)c1. The van der Waals surface area contributed by atoms with Crippen molar-refractivity contribution in [3.8, 4) is 0 Å². The maximum atomic E-state index is 8.90. The minimum atomic E-state index is 0.0556. The van der Waals surface area contributed by atoms with Crippen LogP contribution in [0.2, 0.25) is 0 Å². The Hall–Kier alpha value is -1.75. The van der Waals surface area contributed by atoms with Crippen LogP contribution in [-0.4, -0.2) is 36.3 Å². The molecule has 4 N–H and O–H groups in total. The van der Waals surface area contributed by atoms with Gasteiger partial charge in [0.05, 0.1) is 6.61 Å². The summed E-state index contributed by atoms with van der Waals surface area (Å²) in [5.74, 6) is 0.0692. The molecule has 0 unspecified atom stereocenters. The topological polar surface area (TPSA) is 82.1 Å². The molecule has 1 aromatic carbocycles. The zero-order chi connectivity index (χ0) is 12.1. The second-order valence-electron chi connectivity index (χ2n) is 3.65. The van der Waals surface area contributed by atoms with Gasteiger partial charge in [0.2, 0.25) is 0 Å². The molecular formula is C11H17N3O2. The maximum absolute atomic E-state index is 8.90. The van der Waals surface area contributed by atoms with Crippen molar-refractivity contribution in [2.75, 3.05) is 25.1 Å². The molecular weight excluding hydrogens is 206 g/mol. The second-order valence-corrected chi connectivity index (χ2v) is 3.65. The Labute approximate surface area is 94.8 Å². The summed E-state index contributed by atoms with van der Waals surface area (Å²) in [5, 5.41) is 20.6. The van der Waals surface area contributed by atoms with Crippen LogP contribution >= 0.6 is 0 Å². The predicted molar refractivity (Wildman–Crippen MR) is 64.0 cm³/mol. The number of hydrogen-bond acceptors (Lipinski definition) is 4. The van der Waals surface area contributed by atoms with Crippen LogP contribution in [0.5, 0.6) is 0 Å². The van der Waals surface area contributed by atoms with Crippen molar-refractivity contribution in [3.63, 3.8) is 0 Å². The first-order valence-corrected chi connectivity index (χ1v) is 5.00. The molecule has 0 atom stereocenters. The molecule has 1 rings (SSSR count). The Morgan fingerprint density at radius 3 is 2.75 bits per heavy atom. The van der Waals surface area contributed by atoms with Gasteiger partial charge in [-0.2, -0.15) is 0 Å². The van der Waals surface area contributed by atoms with Gasteiger partial charge < -0.3 is 20.9 Å². The van der Waals surface area contributed by atoms with Gasteiger partial charge in [0.15, 0.2) is 5.84 Å². The van der Waals surface area contributed by atoms with Crippen LogP contribution in [0.15, 0.2) is 23.4 Å². The van der Waals surface area contributed by atoms with Crippen molar-refractivity contribution >= 4 is 11.5 Å². The van der Waals surface area contributed by atoms with Gasteiger partial charge in [-0.1, -0.05) is 11.2 Å². The minimum Gasteiger partial charge on any atom is -0.409 e. The fourth-order valence-electron chi connectivity index (χ4n) is 1.50. The summed E-state index contributed by atoms with van der Waals surface area (Å²) in [6, 6.07) is 5.63. The van der Waals surface area contributed by atoms with Crippen LogP contribution < -0.4 is 10.6 Å². The second kappa shape index (κ2) is 5.37. The number of hydrogen-bond donors (Lipinski definition) is 3. The molecule has 0 amide bonds. The van der Waals surface area contributed by atoms with E-state index >= 15 is 0 Å². The third-order valence-corrected chi connectivity index (χ3v) is 2.38. The van der Waals surface area contributed by atoms with Gasteiger partial charge in [-0.3, -0.25) is 0 Å². The van der Waals surface area contributed by atoms with Crippen LogP contribution in [-0.2, 0) is 0 Å². The van der Waals surface area contributed by atoms with E-state index in [-0.39, 0.29) is 12.4 Å². The molecule has 0 spiro atoms. The fourth-order valence-corrected chi connectivity index (χ4v) is 1.50. The first-order valence-electron chi connectivity index (χ1n) is 5.00. The average Bonchev–Trinajstić information content (AvgIpc) is 2.28. The number of nitrogens with two attached hydrogens (primary N) is 1. The van der Waals surface area contributed by atoms with Gasteiger partial charge in [0.1, 0.15) is 0 Å². The largest absolute Gasteiger partial charge is 0.409 e. The number of aliphatic hydroxyl groups excluding tert-OH is 1. The number of aryl methyl sites for hydroxylation is 1. The molecule has 0 radical (unpaired) electrons. The Balaban J connectivity index is 3.17. The summed E-state index contributed by atoms with van der Waals surface area (Å²) >= 11 is 0. The first-order chi connectivity index (χ1) is 7.60. The van der Waals surface area contributed by atoms with Crippen molar-refractivity contribution in [2.45, 2.75) is 6.92 Å². The van der Waals surface area contributed by atoms with Gasteiger partial charge >= 0.3 is 0 Å². The van der Waals surface area contributed by atoms with E-state index in [1.54, 1.807) is 6.07 Å². The smallest absolute Gasteiger partial charge is 0.172 e. The Bertz CT molecular complexity index is 391. The van der Waals surface area contributed by atoms with Crippen molar-refractivity contribution in [1.29, 1.82) is 0 Å². The summed E-state index contributed by atoms with van der Waals surface area (Å²) in [5.41, 5.74) is 8.16. The van der Waals surface area contributed by atoms with Crippen LogP contribution in [0.25, 0.3) is 0 Å². The van der Waals surface area contributed by atoms with Crippen molar-refractivity contribution in [3.05, 3.63) is 29.3 Å². The lowest BCUT2D eigenvalue weighted by Crippen LogP contribution is -2.25. The first kappa shape index (κ1) is 12.3. The molecule has 0 bridgehead atoms. The van der Waals surface area contributed by atoms with E-state index in [1.807, 2.05) is 31.0 Å². The molecule has 0 fully saturated rings. The maximum Gasteiger partial charge on any atom is 0.172 e. The van der Waals surface area contributed by atoms with E-state index in [4.69, 9.17) is 16.0 Å². The predicted octanol–water partition coefficient (Wildman–Crippen LogP) is 0.518. The quantitative estimate of drug-likeness (QED) is 0.301. The van der Waals surface area contributed by atoms with Crippen LogP contribution in [0.4, 0.5) is 5.69 Å². The monoisotopic (exact) mass is 223 g/mol. The highest BCUT2D eigenvalue weighted by Gasteiger charge is 2.10. The van der Waals surface area contributed by atoms with E-state index in [0.717, 1.165) is 11.3 Å². The van der Waals surface area contributed by atoms with E-state index in [0.29, 0.717) is 12.1 Å². The number of benzene rings is 1. The summed E-state index contributed by atoms with van der Waals surface area (Å²) < 4.78 is 0. The van der Waals surface area contributed by atoms with Crippen molar-refractivity contribution < 1.29 is 10.3 Å². The number of aliphatic hydroxyl groups is 1. The lowest BCUT2D eigenvalue weighted by atomic mass is 10.1. The molecule has 16 heavy (non-hydrogen) atoms. The summed E-state index contributed by atoms with van der Waals surface area (Å²) in [6.45, 7) is 2.52. The normalized spacial score (nSPS) is 11.6. The van der Waals surface area contributed by atoms with Gasteiger partial charge in [0, 0.05) is 24.8 Å². The Morgan fingerprint density at radius 2 is 2.19 bits per heavy atom. The Kier molecular flexibility index (Phi) is 4.13. The number of amidine groups is 1. The zero-order valence-corrected chi connectivity index (χ0v) is 9.51. The lowest BCUT2D eigenvalue weighted by molar-refractivity contribution is 0.304. The van der Waals surface area contributed by atoms with E-state index in [2.05, 4.69) is 5.16 Å². The van der Waals surface area contributed by atoms with Crippen LogP contribution in [0.3, 0.4) is 0 Å². The van der Waals surface area contributed by atoms with Gasteiger partial charge in [0.25, 0.3) is 0 Å². The standard InChI is InChI=1S/C11H17N3O2/c1-8-3-4-9(11(12)13-16)10(7-8)14(2)5-6-15/h3-4,7,15-16H,5-6H2,1-2H3,(H2,12,13). The molecule has 0 saturated heterocycles. The van der Waals surface area contributed by atoms with E-state index in [1.165, 1.54) is 0 Å². The molecule has 1 aromatic rings. The van der Waals surface area contributed by atoms with Gasteiger partial charge in [-0.25, -0.2) is 0 Å². The lowest BCUT2D eigenvalue weighted by Gasteiger charge is -2.21.